The molecule has 4 aromatic rings. The van der Waals surface area contributed by atoms with Crippen molar-refractivity contribution in [2.75, 3.05) is 13.2 Å². The molecule has 54 heavy (non-hydrogen) atoms. The van der Waals surface area contributed by atoms with Crippen molar-refractivity contribution in [2.24, 2.45) is 0 Å². The number of esters is 1. The number of hydrogen-bond donors (Lipinski definition) is 11. The van der Waals surface area contributed by atoms with Crippen LogP contribution < -0.4 is 5.43 Å². The average Bonchev–Trinajstić information content (AvgIpc) is 3.14. The molecule has 10 atom stereocenters. The average molecular weight is 757 g/mol. The molecular formula is C36H36O18. The summed E-state index contributed by atoms with van der Waals surface area (Å²) in [7, 11) is 0. The standard InChI is InChI=1S/C36H36O18/c37-12-23-28(44)32(48)35(34(52-23)27-20(42)11-22-26(30(27)46)19(41)10-21(51-22)15-3-5-16(38)6-4-15)54-36-33(49)31(47)29(45)24(53-36)13-50-25(43)8-2-14-1-7-17(39)18(40)9-14/h1-11,23-24,28-29,31-40,42,44-49H,12-13H2/t23-,24-,28-,29-,31+,32+,33-,34+,35-,36+/m1/s1. The van der Waals surface area contributed by atoms with E-state index >= 15 is 0 Å². The van der Waals surface area contributed by atoms with Crippen LogP contribution in [-0.4, -0.2) is 130 Å². The van der Waals surface area contributed by atoms with Crippen LogP contribution in [0.3, 0.4) is 0 Å². The smallest absolute Gasteiger partial charge is 0.330 e. The highest BCUT2D eigenvalue weighted by molar-refractivity contribution is 5.88. The summed E-state index contributed by atoms with van der Waals surface area (Å²) in [6, 6.07) is 11.4. The molecule has 2 aliphatic rings. The molecule has 2 aliphatic heterocycles. The van der Waals surface area contributed by atoms with Gasteiger partial charge in [0.2, 0.25) is 0 Å². The van der Waals surface area contributed by atoms with Gasteiger partial charge in [-0.15, -0.1) is 0 Å². The molecule has 11 N–H and O–H groups in total. The minimum atomic E-state index is -2.04. The molecule has 0 bridgehead atoms. The second-order valence-electron chi connectivity index (χ2n) is 12.6. The summed E-state index contributed by atoms with van der Waals surface area (Å²) in [6.07, 6.45) is -16.3. The number of ether oxygens (including phenoxy) is 4. The molecule has 0 saturated carbocycles. The summed E-state index contributed by atoms with van der Waals surface area (Å²) in [5.41, 5.74) is -0.942. The van der Waals surface area contributed by atoms with E-state index < -0.39 is 114 Å². The van der Waals surface area contributed by atoms with Gasteiger partial charge < -0.3 is 79.5 Å². The molecule has 288 valence electrons. The number of rotatable bonds is 9. The zero-order valence-electron chi connectivity index (χ0n) is 27.8. The lowest BCUT2D eigenvalue weighted by Gasteiger charge is -2.46. The monoisotopic (exact) mass is 756 g/mol. The lowest BCUT2D eigenvalue weighted by atomic mass is 9.89. The molecule has 3 heterocycles. The number of aliphatic hydroxyl groups excluding tert-OH is 6. The third kappa shape index (κ3) is 7.55. The Morgan fingerprint density at radius 3 is 2.15 bits per heavy atom. The molecule has 1 aromatic heterocycles. The van der Waals surface area contributed by atoms with Crippen molar-refractivity contribution in [2.45, 2.75) is 61.2 Å². The van der Waals surface area contributed by atoms with Crippen LogP contribution in [0.2, 0.25) is 0 Å². The molecule has 0 aliphatic carbocycles. The van der Waals surface area contributed by atoms with Crippen molar-refractivity contribution in [3.63, 3.8) is 0 Å². The number of fused-ring (bicyclic) bond motifs is 1. The molecule has 3 aromatic carbocycles. The first kappa shape index (κ1) is 38.4. The molecule has 0 spiro atoms. The number of aromatic hydroxyl groups is 5. The van der Waals surface area contributed by atoms with Crippen molar-refractivity contribution >= 4 is 23.0 Å². The van der Waals surface area contributed by atoms with Gasteiger partial charge in [0, 0.05) is 23.8 Å². The Kier molecular flexibility index (Phi) is 11.1. The molecule has 0 unspecified atom stereocenters. The summed E-state index contributed by atoms with van der Waals surface area (Å²) < 4.78 is 28.1. The van der Waals surface area contributed by atoms with Gasteiger partial charge in [-0.2, -0.15) is 0 Å². The van der Waals surface area contributed by atoms with E-state index in [1.54, 1.807) is 0 Å². The van der Waals surface area contributed by atoms with Crippen LogP contribution in [0, 0.1) is 0 Å². The zero-order chi connectivity index (χ0) is 39.0. The van der Waals surface area contributed by atoms with Crippen LogP contribution in [0.25, 0.3) is 28.4 Å². The second-order valence-corrected chi connectivity index (χ2v) is 12.6. The fourth-order valence-corrected chi connectivity index (χ4v) is 6.17. The number of phenols is 5. The molecule has 18 nitrogen and oxygen atoms in total. The number of aliphatic hydroxyl groups is 6. The highest BCUT2D eigenvalue weighted by Crippen LogP contribution is 2.46. The van der Waals surface area contributed by atoms with Crippen LogP contribution in [-0.2, 0) is 23.7 Å². The van der Waals surface area contributed by atoms with E-state index in [2.05, 4.69) is 0 Å². The fourth-order valence-electron chi connectivity index (χ4n) is 6.17. The predicted octanol–water partition coefficient (Wildman–Crippen LogP) is -0.409. The third-order valence-electron chi connectivity index (χ3n) is 9.08. The van der Waals surface area contributed by atoms with Gasteiger partial charge in [0.25, 0.3) is 0 Å². The van der Waals surface area contributed by atoms with Gasteiger partial charge in [-0.05, 0) is 48.0 Å². The summed E-state index contributed by atoms with van der Waals surface area (Å²) in [4.78, 5) is 25.7. The van der Waals surface area contributed by atoms with Crippen LogP contribution in [0.4, 0.5) is 0 Å². The first-order valence-corrected chi connectivity index (χ1v) is 16.3. The molecule has 0 amide bonds. The van der Waals surface area contributed by atoms with Crippen molar-refractivity contribution < 1.29 is 84.3 Å². The number of benzene rings is 3. The minimum Gasteiger partial charge on any atom is -0.508 e. The normalized spacial score (nSPS) is 28.7. The molecule has 2 fully saturated rings. The highest BCUT2D eigenvalue weighted by atomic mass is 16.7. The Balaban J connectivity index is 1.27. The highest BCUT2D eigenvalue weighted by Gasteiger charge is 2.52. The number of carbonyl (C=O) groups is 1. The van der Waals surface area contributed by atoms with Gasteiger partial charge in [0.15, 0.2) is 23.2 Å². The zero-order valence-corrected chi connectivity index (χ0v) is 27.8. The van der Waals surface area contributed by atoms with Crippen molar-refractivity contribution in [1.82, 2.24) is 0 Å². The van der Waals surface area contributed by atoms with Gasteiger partial charge >= 0.3 is 5.97 Å². The van der Waals surface area contributed by atoms with E-state index in [-0.39, 0.29) is 22.8 Å². The molecule has 2 saturated heterocycles. The van der Waals surface area contributed by atoms with Crippen LogP contribution in [0.1, 0.15) is 17.2 Å². The SMILES string of the molecule is O=C(C=Cc1ccc(O)c(O)c1)OC[C@H]1O[C@@H](O[C@@H]2[C@@H](O)[C@H](O)[C@@H](CO)O[C@H]2c2c(O)cc3oc(-c4ccc(O)cc4)cc(=O)c3c2O)[C@H](O)[C@@H](O)[C@@H]1O. The van der Waals surface area contributed by atoms with Crippen LogP contribution in [0.15, 0.2) is 69.9 Å². The molecule has 0 radical (unpaired) electrons. The second kappa shape index (κ2) is 15.6. The largest absolute Gasteiger partial charge is 0.508 e. The Bertz CT molecular complexity index is 2080. The number of hydrogen-bond acceptors (Lipinski definition) is 18. The van der Waals surface area contributed by atoms with E-state index in [9.17, 15) is 65.8 Å². The first-order valence-electron chi connectivity index (χ1n) is 16.3. The predicted molar refractivity (Wildman–Crippen MR) is 181 cm³/mol. The maximum Gasteiger partial charge on any atom is 0.330 e. The fraction of sp³-hybridized carbons (Fsp3) is 0.333. The van der Waals surface area contributed by atoms with Crippen molar-refractivity contribution in [1.29, 1.82) is 0 Å². The molecule has 6 rings (SSSR count). The molecule has 18 heteroatoms. The van der Waals surface area contributed by atoms with E-state index in [0.29, 0.717) is 11.1 Å². The minimum absolute atomic E-state index is 0.0196. The third-order valence-corrected chi connectivity index (χ3v) is 9.08. The van der Waals surface area contributed by atoms with E-state index in [4.69, 9.17) is 23.4 Å². The van der Waals surface area contributed by atoms with Gasteiger partial charge in [-0.3, -0.25) is 4.79 Å². The van der Waals surface area contributed by atoms with Gasteiger partial charge in [-0.1, -0.05) is 6.07 Å². The van der Waals surface area contributed by atoms with Crippen molar-refractivity contribution in [3.05, 3.63) is 82.0 Å². The summed E-state index contributed by atoms with van der Waals surface area (Å²) >= 11 is 0. The van der Waals surface area contributed by atoms with Crippen molar-refractivity contribution in [3.8, 4) is 40.1 Å². The Morgan fingerprint density at radius 1 is 0.759 bits per heavy atom. The van der Waals surface area contributed by atoms with Gasteiger partial charge in [-0.25, -0.2) is 4.79 Å². The Hall–Kier alpha value is -5.28. The quantitative estimate of drug-likeness (QED) is 0.0588. The first-order chi connectivity index (χ1) is 25.7. The van der Waals surface area contributed by atoms with E-state index in [0.717, 1.165) is 18.2 Å². The maximum atomic E-state index is 13.3. The summed E-state index contributed by atoms with van der Waals surface area (Å²) in [5.74, 6) is -3.46. The Morgan fingerprint density at radius 2 is 1.46 bits per heavy atom. The van der Waals surface area contributed by atoms with Gasteiger partial charge in [0.1, 0.15) is 95.5 Å². The van der Waals surface area contributed by atoms with E-state index in [1.807, 2.05) is 0 Å². The molecular weight excluding hydrogens is 720 g/mol. The summed E-state index contributed by atoms with van der Waals surface area (Å²) in [5, 5.41) is 115. The lowest BCUT2D eigenvalue weighted by molar-refractivity contribution is -0.342. The number of phenolic OH excluding ortho intramolecular Hbond substituents is 5. The van der Waals surface area contributed by atoms with Crippen LogP contribution in [0.5, 0.6) is 28.7 Å². The maximum absolute atomic E-state index is 13.3. The topological polar surface area (TPSA) is 307 Å². The summed E-state index contributed by atoms with van der Waals surface area (Å²) in [6.45, 7) is -1.59. The van der Waals surface area contributed by atoms with E-state index in [1.165, 1.54) is 48.5 Å². The van der Waals surface area contributed by atoms with Gasteiger partial charge in [0.05, 0.1) is 12.2 Å². The lowest BCUT2D eigenvalue weighted by Crippen LogP contribution is -2.63. The van der Waals surface area contributed by atoms with Crippen LogP contribution >= 0.6 is 0 Å². The Labute approximate surface area is 303 Å². The number of carbonyl (C=O) groups excluding carboxylic acids is 1.